The van der Waals surface area contributed by atoms with Gasteiger partial charge in [0, 0.05) is 4.90 Å². The minimum atomic E-state index is -3.90. The molecule has 0 radical (unpaired) electrons. The Morgan fingerprint density at radius 1 is 0.931 bits per heavy atom. The van der Waals surface area contributed by atoms with Crippen molar-refractivity contribution in [3.05, 3.63) is 84.4 Å². The van der Waals surface area contributed by atoms with Crippen molar-refractivity contribution in [3.63, 3.8) is 0 Å². The van der Waals surface area contributed by atoms with E-state index in [-0.39, 0.29) is 11.4 Å². The first kappa shape index (κ1) is 21.0. The lowest BCUT2D eigenvalue weighted by Crippen LogP contribution is -2.38. The van der Waals surface area contributed by atoms with Gasteiger partial charge in [0.2, 0.25) is 5.91 Å². The summed E-state index contributed by atoms with van der Waals surface area (Å²) in [6.07, 6.45) is 1.92. The Balaban J connectivity index is 1.93. The Hall–Kier alpha value is -2.77. The average Bonchev–Trinajstić information content (AvgIpc) is 2.74. The lowest BCUT2D eigenvalue weighted by atomic mass is 10.2. The number of benzene rings is 3. The molecule has 5 nitrogen and oxygen atoms in total. The van der Waals surface area contributed by atoms with Gasteiger partial charge in [-0.2, -0.15) is 0 Å². The number of carbonyl (C=O) groups is 1. The van der Waals surface area contributed by atoms with Gasteiger partial charge in [-0.1, -0.05) is 48.0 Å². The van der Waals surface area contributed by atoms with E-state index >= 15 is 0 Å². The van der Waals surface area contributed by atoms with Crippen molar-refractivity contribution < 1.29 is 13.2 Å². The molecule has 3 rings (SSSR count). The van der Waals surface area contributed by atoms with Crippen molar-refractivity contribution >= 4 is 39.1 Å². The maximum Gasteiger partial charge on any atom is 0.264 e. The summed E-state index contributed by atoms with van der Waals surface area (Å²) in [5.74, 6) is -0.411. The quantitative estimate of drug-likeness (QED) is 0.563. The number of amides is 1. The summed E-state index contributed by atoms with van der Waals surface area (Å²) < 4.78 is 27.7. The Morgan fingerprint density at radius 3 is 2.21 bits per heavy atom. The second-order valence-corrected chi connectivity index (χ2v) is 9.12. The van der Waals surface area contributed by atoms with Crippen LogP contribution < -0.4 is 9.62 Å². The van der Waals surface area contributed by atoms with Crippen LogP contribution in [0.5, 0.6) is 0 Å². The molecule has 0 atom stereocenters. The molecule has 0 fully saturated rings. The smallest absolute Gasteiger partial charge is 0.264 e. The van der Waals surface area contributed by atoms with Crippen LogP contribution in [0.25, 0.3) is 0 Å². The van der Waals surface area contributed by atoms with Crippen molar-refractivity contribution in [1.29, 1.82) is 0 Å². The van der Waals surface area contributed by atoms with Gasteiger partial charge in [-0.05, 0) is 49.6 Å². The van der Waals surface area contributed by atoms with Crippen molar-refractivity contribution in [1.82, 2.24) is 0 Å². The molecule has 7 heteroatoms. The highest BCUT2D eigenvalue weighted by Gasteiger charge is 2.27. The largest absolute Gasteiger partial charge is 0.323 e. The van der Waals surface area contributed by atoms with E-state index in [4.69, 9.17) is 0 Å². The molecule has 1 amide bonds. The maximum absolute atomic E-state index is 13.3. The van der Waals surface area contributed by atoms with Crippen LogP contribution in [0.1, 0.15) is 5.56 Å². The highest BCUT2D eigenvalue weighted by Crippen LogP contribution is 2.26. The summed E-state index contributed by atoms with van der Waals surface area (Å²) in [7, 11) is -3.90. The van der Waals surface area contributed by atoms with E-state index in [1.165, 1.54) is 23.9 Å². The lowest BCUT2D eigenvalue weighted by molar-refractivity contribution is -0.114. The van der Waals surface area contributed by atoms with Crippen LogP contribution in [0.2, 0.25) is 0 Å². The number of thioether (sulfide) groups is 1. The van der Waals surface area contributed by atoms with Crippen LogP contribution in [0.15, 0.2) is 88.7 Å². The maximum atomic E-state index is 13.3. The number of para-hydroxylation sites is 1. The summed E-state index contributed by atoms with van der Waals surface area (Å²) in [6.45, 7) is 1.59. The number of aryl methyl sites for hydroxylation is 1. The fourth-order valence-corrected chi connectivity index (χ4v) is 4.81. The summed E-state index contributed by atoms with van der Waals surface area (Å²) in [5, 5.41) is 2.83. The van der Waals surface area contributed by atoms with Gasteiger partial charge >= 0.3 is 0 Å². The fraction of sp³-hybridized carbons (Fsp3) is 0.136. The van der Waals surface area contributed by atoms with E-state index in [0.717, 1.165) is 14.8 Å². The third kappa shape index (κ3) is 4.99. The molecular weight excluding hydrogens is 404 g/mol. The number of nitrogens with zero attached hydrogens (tertiary/aromatic N) is 1. The van der Waals surface area contributed by atoms with Crippen molar-refractivity contribution in [3.8, 4) is 0 Å². The minimum Gasteiger partial charge on any atom is -0.323 e. The fourth-order valence-electron chi connectivity index (χ4n) is 2.81. The first-order chi connectivity index (χ1) is 13.9. The van der Waals surface area contributed by atoms with Crippen molar-refractivity contribution in [2.75, 3.05) is 22.4 Å². The molecule has 0 aromatic heterocycles. The van der Waals surface area contributed by atoms with Gasteiger partial charge in [0.25, 0.3) is 10.0 Å². The van der Waals surface area contributed by atoms with Crippen molar-refractivity contribution in [2.45, 2.75) is 16.7 Å². The van der Waals surface area contributed by atoms with Gasteiger partial charge in [-0.15, -0.1) is 11.8 Å². The molecule has 1 N–H and O–H groups in total. The van der Waals surface area contributed by atoms with E-state index in [1.54, 1.807) is 36.4 Å². The molecule has 29 heavy (non-hydrogen) atoms. The monoisotopic (exact) mass is 426 g/mol. The van der Waals surface area contributed by atoms with Crippen LogP contribution in [0.3, 0.4) is 0 Å². The number of hydrogen-bond donors (Lipinski definition) is 1. The second kappa shape index (κ2) is 9.15. The lowest BCUT2D eigenvalue weighted by Gasteiger charge is -2.24. The van der Waals surface area contributed by atoms with Gasteiger partial charge < -0.3 is 5.32 Å². The van der Waals surface area contributed by atoms with E-state index in [9.17, 15) is 13.2 Å². The molecular formula is C22H22N2O3S2. The molecule has 0 spiro atoms. The molecule has 0 unspecified atom stereocenters. The van der Waals surface area contributed by atoms with Crippen LogP contribution >= 0.6 is 11.8 Å². The Bertz CT molecular complexity index is 1080. The molecule has 0 aliphatic heterocycles. The third-order valence-electron chi connectivity index (χ3n) is 4.32. The number of anilines is 2. The first-order valence-corrected chi connectivity index (χ1v) is 11.7. The van der Waals surface area contributed by atoms with E-state index in [2.05, 4.69) is 5.32 Å². The number of hydrogen-bond acceptors (Lipinski definition) is 4. The van der Waals surface area contributed by atoms with Crippen molar-refractivity contribution in [2.24, 2.45) is 0 Å². The topological polar surface area (TPSA) is 66.5 Å². The molecule has 0 saturated carbocycles. The number of sulfonamides is 1. The normalized spacial score (nSPS) is 11.1. The molecule has 0 aliphatic carbocycles. The first-order valence-electron chi connectivity index (χ1n) is 8.99. The summed E-state index contributed by atoms with van der Waals surface area (Å²) >= 11 is 1.51. The van der Waals surface area contributed by atoms with Gasteiger partial charge in [-0.25, -0.2) is 8.42 Å². The second-order valence-electron chi connectivity index (χ2n) is 6.41. The molecule has 3 aromatic rings. The zero-order valence-corrected chi connectivity index (χ0v) is 17.8. The van der Waals surface area contributed by atoms with Gasteiger partial charge in [0.05, 0.1) is 16.3 Å². The van der Waals surface area contributed by atoms with Crippen LogP contribution in [0, 0.1) is 6.92 Å². The molecule has 3 aromatic carbocycles. The van der Waals surface area contributed by atoms with Gasteiger partial charge in [0.1, 0.15) is 6.54 Å². The molecule has 0 heterocycles. The Labute approximate surface area is 175 Å². The number of nitrogens with one attached hydrogen (secondary N) is 1. The standard InChI is InChI=1S/C22H22N2O3S2/c1-17-12-14-18(15-13-17)24(29(26,27)19-8-4-3-5-9-19)16-22(25)23-20-10-6-7-11-21(20)28-2/h3-15H,16H2,1-2H3,(H,23,25). The molecule has 0 bridgehead atoms. The highest BCUT2D eigenvalue weighted by molar-refractivity contribution is 7.98. The zero-order chi connectivity index (χ0) is 20.9. The van der Waals surface area contributed by atoms with Gasteiger partial charge in [-0.3, -0.25) is 9.10 Å². The van der Waals surface area contributed by atoms with E-state index < -0.39 is 15.9 Å². The Morgan fingerprint density at radius 2 is 1.55 bits per heavy atom. The molecule has 0 aliphatic rings. The third-order valence-corrected chi connectivity index (χ3v) is 6.91. The molecule has 0 saturated heterocycles. The summed E-state index contributed by atoms with van der Waals surface area (Å²) in [4.78, 5) is 13.8. The number of rotatable bonds is 7. The van der Waals surface area contributed by atoms with Crippen LogP contribution in [0.4, 0.5) is 11.4 Å². The average molecular weight is 427 g/mol. The minimum absolute atomic E-state index is 0.137. The van der Waals surface area contributed by atoms with Crippen LogP contribution in [-0.4, -0.2) is 27.1 Å². The number of carbonyl (C=O) groups excluding carboxylic acids is 1. The summed E-state index contributed by atoms with van der Waals surface area (Å²) in [5.41, 5.74) is 2.10. The predicted octanol–water partition coefficient (Wildman–Crippen LogP) is 4.55. The van der Waals surface area contributed by atoms with E-state index in [0.29, 0.717) is 11.4 Å². The molecule has 150 valence electrons. The predicted molar refractivity (Wildman–Crippen MR) is 119 cm³/mol. The highest BCUT2D eigenvalue weighted by atomic mass is 32.2. The zero-order valence-electron chi connectivity index (χ0n) is 16.2. The van der Waals surface area contributed by atoms with Crippen LogP contribution in [-0.2, 0) is 14.8 Å². The Kier molecular flexibility index (Phi) is 6.61. The SMILES string of the molecule is CSc1ccccc1NC(=O)CN(c1ccc(C)cc1)S(=O)(=O)c1ccccc1. The van der Waals surface area contributed by atoms with E-state index in [1.807, 2.05) is 43.5 Å². The summed E-state index contributed by atoms with van der Waals surface area (Å²) in [6, 6.07) is 22.6. The van der Waals surface area contributed by atoms with Gasteiger partial charge in [0.15, 0.2) is 0 Å².